The minimum Gasteiger partial charge on any atom is -0.368 e. The van der Waals surface area contributed by atoms with E-state index in [2.05, 4.69) is 49.9 Å². The van der Waals surface area contributed by atoms with Gasteiger partial charge in [-0.05, 0) is 56.2 Å². The Morgan fingerprint density at radius 1 is 1.32 bits per heavy atom. The summed E-state index contributed by atoms with van der Waals surface area (Å²) in [6.07, 6.45) is 3.70. The Balaban J connectivity index is 2.14. The Labute approximate surface area is 118 Å². The first-order valence-electron chi connectivity index (χ1n) is 7.66. The van der Waals surface area contributed by atoms with Gasteiger partial charge in [0.15, 0.2) is 0 Å². The molecule has 1 heterocycles. The fraction of sp³-hybridized carbons (Fsp3) is 0.647. The van der Waals surface area contributed by atoms with Crippen LogP contribution in [0.15, 0.2) is 24.3 Å². The molecule has 0 radical (unpaired) electrons. The molecule has 2 nitrogen and oxygen atoms in total. The quantitative estimate of drug-likeness (QED) is 0.878. The summed E-state index contributed by atoms with van der Waals surface area (Å²) in [5, 5.41) is 0. The van der Waals surface area contributed by atoms with Gasteiger partial charge in [0.1, 0.15) is 0 Å². The topological polar surface area (TPSA) is 29.3 Å². The van der Waals surface area contributed by atoms with Crippen LogP contribution in [0.1, 0.15) is 39.2 Å². The number of aryl methyl sites for hydroxylation is 1. The van der Waals surface area contributed by atoms with Crippen molar-refractivity contribution in [1.29, 1.82) is 0 Å². The van der Waals surface area contributed by atoms with E-state index in [0.717, 1.165) is 19.0 Å². The van der Waals surface area contributed by atoms with Gasteiger partial charge in [0.2, 0.25) is 0 Å². The van der Waals surface area contributed by atoms with Gasteiger partial charge in [-0.3, -0.25) is 0 Å². The van der Waals surface area contributed by atoms with Crippen LogP contribution in [-0.2, 0) is 6.42 Å². The number of benzene rings is 1. The van der Waals surface area contributed by atoms with Crippen molar-refractivity contribution in [2.45, 2.75) is 46.1 Å². The highest BCUT2D eigenvalue weighted by Gasteiger charge is 2.24. The fourth-order valence-corrected chi connectivity index (χ4v) is 3.23. The van der Waals surface area contributed by atoms with Crippen LogP contribution in [-0.4, -0.2) is 19.1 Å². The number of rotatable bonds is 5. The zero-order chi connectivity index (χ0) is 13.8. The molecule has 0 fully saturated rings. The van der Waals surface area contributed by atoms with E-state index in [4.69, 9.17) is 5.73 Å². The van der Waals surface area contributed by atoms with Crippen LogP contribution in [0.2, 0.25) is 0 Å². The van der Waals surface area contributed by atoms with Gasteiger partial charge in [-0.1, -0.05) is 32.0 Å². The first-order valence-corrected chi connectivity index (χ1v) is 7.66. The van der Waals surface area contributed by atoms with Crippen molar-refractivity contribution < 1.29 is 0 Å². The summed E-state index contributed by atoms with van der Waals surface area (Å²) in [7, 11) is 0. The molecule has 1 aromatic carbocycles. The van der Waals surface area contributed by atoms with Gasteiger partial charge in [-0.2, -0.15) is 0 Å². The van der Waals surface area contributed by atoms with E-state index in [1.807, 2.05) is 0 Å². The van der Waals surface area contributed by atoms with Gasteiger partial charge >= 0.3 is 0 Å². The molecule has 106 valence electrons. The highest BCUT2D eigenvalue weighted by Crippen LogP contribution is 2.31. The molecule has 2 rings (SSSR count). The maximum absolute atomic E-state index is 5.98. The van der Waals surface area contributed by atoms with Crippen molar-refractivity contribution in [3.05, 3.63) is 29.8 Å². The third-order valence-electron chi connectivity index (χ3n) is 4.26. The average Bonchev–Trinajstić information content (AvgIpc) is 2.40. The zero-order valence-electron chi connectivity index (χ0n) is 12.6. The molecule has 0 aliphatic carbocycles. The van der Waals surface area contributed by atoms with Gasteiger partial charge in [0.05, 0.1) is 0 Å². The Morgan fingerprint density at radius 3 is 2.74 bits per heavy atom. The monoisotopic (exact) mass is 260 g/mol. The second kappa shape index (κ2) is 6.42. The van der Waals surface area contributed by atoms with Crippen molar-refractivity contribution in [3.63, 3.8) is 0 Å². The standard InChI is InChI=1S/C17H28N2/c1-13(2)10-15(11-18)12-19-14(3)8-9-16-6-4-5-7-17(16)19/h4-7,13-15H,8-12,18H2,1-3H3. The summed E-state index contributed by atoms with van der Waals surface area (Å²) < 4.78 is 0. The van der Waals surface area contributed by atoms with E-state index in [0.29, 0.717) is 12.0 Å². The number of nitrogens with two attached hydrogens (primary N) is 1. The Kier molecular flexibility index (Phi) is 4.87. The predicted octanol–water partition coefficient (Wildman–Crippen LogP) is 3.45. The van der Waals surface area contributed by atoms with Crippen LogP contribution in [0.4, 0.5) is 5.69 Å². The van der Waals surface area contributed by atoms with Crippen molar-refractivity contribution in [3.8, 4) is 0 Å². The Hall–Kier alpha value is -1.02. The molecule has 2 heteroatoms. The van der Waals surface area contributed by atoms with E-state index in [1.54, 1.807) is 0 Å². The van der Waals surface area contributed by atoms with E-state index >= 15 is 0 Å². The molecule has 0 bridgehead atoms. The molecule has 0 saturated carbocycles. The van der Waals surface area contributed by atoms with Gasteiger partial charge in [0.25, 0.3) is 0 Å². The summed E-state index contributed by atoms with van der Waals surface area (Å²) >= 11 is 0. The molecular formula is C17H28N2. The number of nitrogens with zero attached hydrogens (tertiary/aromatic N) is 1. The summed E-state index contributed by atoms with van der Waals surface area (Å²) in [6.45, 7) is 8.82. The smallest absolute Gasteiger partial charge is 0.0401 e. The van der Waals surface area contributed by atoms with E-state index in [9.17, 15) is 0 Å². The third-order valence-corrected chi connectivity index (χ3v) is 4.26. The van der Waals surface area contributed by atoms with Crippen molar-refractivity contribution in [2.75, 3.05) is 18.0 Å². The fourth-order valence-electron chi connectivity index (χ4n) is 3.23. The molecule has 1 aromatic rings. The first kappa shape index (κ1) is 14.4. The lowest BCUT2D eigenvalue weighted by Gasteiger charge is -2.39. The van der Waals surface area contributed by atoms with Crippen molar-refractivity contribution in [1.82, 2.24) is 0 Å². The average molecular weight is 260 g/mol. The Bertz CT molecular complexity index is 400. The third kappa shape index (κ3) is 3.50. The van der Waals surface area contributed by atoms with Gasteiger partial charge in [-0.25, -0.2) is 0 Å². The summed E-state index contributed by atoms with van der Waals surface area (Å²) in [5.41, 5.74) is 8.91. The lowest BCUT2D eigenvalue weighted by atomic mass is 9.92. The second-order valence-electron chi connectivity index (χ2n) is 6.40. The number of fused-ring (bicyclic) bond motifs is 1. The minimum absolute atomic E-state index is 0.605. The van der Waals surface area contributed by atoms with E-state index in [-0.39, 0.29) is 0 Å². The zero-order valence-corrected chi connectivity index (χ0v) is 12.6. The highest BCUT2D eigenvalue weighted by atomic mass is 15.2. The van der Waals surface area contributed by atoms with E-state index in [1.165, 1.54) is 30.5 Å². The second-order valence-corrected chi connectivity index (χ2v) is 6.40. The number of para-hydroxylation sites is 1. The summed E-state index contributed by atoms with van der Waals surface area (Å²) in [4.78, 5) is 2.58. The van der Waals surface area contributed by atoms with Crippen LogP contribution in [0.25, 0.3) is 0 Å². The van der Waals surface area contributed by atoms with E-state index < -0.39 is 0 Å². The molecule has 0 saturated heterocycles. The minimum atomic E-state index is 0.605. The molecule has 0 amide bonds. The lowest BCUT2D eigenvalue weighted by Crippen LogP contribution is -2.42. The van der Waals surface area contributed by atoms with Crippen LogP contribution >= 0.6 is 0 Å². The normalized spacial score (nSPS) is 20.5. The predicted molar refractivity (Wildman–Crippen MR) is 83.6 cm³/mol. The Morgan fingerprint density at radius 2 is 2.05 bits per heavy atom. The van der Waals surface area contributed by atoms with Gasteiger partial charge in [0, 0.05) is 18.3 Å². The summed E-state index contributed by atoms with van der Waals surface area (Å²) in [6, 6.07) is 9.49. The molecule has 0 spiro atoms. The summed E-state index contributed by atoms with van der Waals surface area (Å²) in [5.74, 6) is 1.33. The molecular weight excluding hydrogens is 232 g/mol. The van der Waals surface area contributed by atoms with Crippen LogP contribution in [0.5, 0.6) is 0 Å². The van der Waals surface area contributed by atoms with Crippen molar-refractivity contribution in [2.24, 2.45) is 17.6 Å². The number of hydrogen-bond acceptors (Lipinski definition) is 2. The molecule has 19 heavy (non-hydrogen) atoms. The van der Waals surface area contributed by atoms with Gasteiger partial charge < -0.3 is 10.6 Å². The largest absolute Gasteiger partial charge is 0.368 e. The first-order chi connectivity index (χ1) is 9.11. The molecule has 2 atom stereocenters. The lowest BCUT2D eigenvalue weighted by molar-refractivity contribution is 0.396. The van der Waals surface area contributed by atoms with Crippen LogP contribution in [0, 0.1) is 11.8 Å². The number of hydrogen-bond donors (Lipinski definition) is 1. The number of anilines is 1. The maximum Gasteiger partial charge on any atom is 0.0401 e. The molecule has 1 aliphatic rings. The SMILES string of the molecule is CC(C)CC(CN)CN1c2ccccc2CCC1C. The van der Waals surface area contributed by atoms with Crippen molar-refractivity contribution >= 4 is 5.69 Å². The molecule has 0 aromatic heterocycles. The molecule has 2 unspecified atom stereocenters. The van der Waals surface area contributed by atoms with Gasteiger partial charge in [-0.15, -0.1) is 0 Å². The van der Waals surface area contributed by atoms with Crippen LogP contribution < -0.4 is 10.6 Å². The maximum atomic E-state index is 5.98. The molecule has 2 N–H and O–H groups in total. The van der Waals surface area contributed by atoms with Crippen LogP contribution in [0.3, 0.4) is 0 Å². The molecule has 1 aliphatic heterocycles. The highest BCUT2D eigenvalue weighted by molar-refractivity contribution is 5.56.